The Morgan fingerprint density at radius 2 is 2.00 bits per heavy atom. The summed E-state index contributed by atoms with van der Waals surface area (Å²) in [5.74, 6) is 0.0131. The molecule has 16 heavy (non-hydrogen) atoms. The molecule has 2 heterocycles. The molecule has 2 aromatic rings. The number of benzene rings is 1. The third kappa shape index (κ3) is 1.37. The van der Waals surface area contributed by atoms with Crippen molar-refractivity contribution in [1.29, 1.82) is 0 Å². The highest BCUT2D eigenvalue weighted by atomic mass is 16.1. The normalized spacial score (nSPS) is 13.4. The zero-order valence-corrected chi connectivity index (χ0v) is 8.60. The average molecular weight is 210 g/mol. The van der Waals surface area contributed by atoms with E-state index >= 15 is 0 Å². The van der Waals surface area contributed by atoms with Crippen molar-refractivity contribution in [2.45, 2.75) is 6.42 Å². The van der Waals surface area contributed by atoms with Crippen LogP contribution in [0.1, 0.15) is 5.56 Å². The van der Waals surface area contributed by atoms with Gasteiger partial charge in [0.2, 0.25) is 5.91 Å². The fraction of sp³-hybridized carbons (Fsp3) is 0.0769. The largest absolute Gasteiger partial charge is 0.325 e. The van der Waals surface area contributed by atoms with Gasteiger partial charge in [-0.05, 0) is 17.7 Å². The molecular formula is C13H10N2O. The monoisotopic (exact) mass is 210 g/mol. The summed E-state index contributed by atoms with van der Waals surface area (Å²) in [6, 6.07) is 11.6. The maximum absolute atomic E-state index is 11.7. The second kappa shape index (κ2) is 3.45. The number of pyridine rings is 1. The first-order valence-electron chi connectivity index (χ1n) is 5.18. The predicted molar refractivity (Wildman–Crippen MR) is 62.0 cm³/mol. The summed E-state index contributed by atoms with van der Waals surface area (Å²) in [6.07, 6.45) is 2.14. The van der Waals surface area contributed by atoms with Crippen molar-refractivity contribution < 1.29 is 4.79 Å². The number of nitrogens with one attached hydrogen (secondary N) is 1. The predicted octanol–water partition coefficient (Wildman–Crippen LogP) is 2.24. The van der Waals surface area contributed by atoms with Crippen molar-refractivity contribution in [3.63, 3.8) is 0 Å². The number of rotatable bonds is 0. The van der Waals surface area contributed by atoms with Crippen LogP contribution >= 0.6 is 0 Å². The Kier molecular flexibility index (Phi) is 1.96. The van der Waals surface area contributed by atoms with E-state index in [-0.39, 0.29) is 5.91 Å². The van der Waals surface area contributed by atoms with E-state index in [2.05, 4.69) is 10.3 Å². The van der Waals surface area contributed by atoms with Crippen LogP contribution in [0.25, 0.3) is 11.3 Å². The molecule has 0 radical (unpaired) electrons. The van der Waals surface area contributed by atoms with E-state index in [4.69, 9.17) is 0 Å². The van der Waals surface area contributed by atoms with Gasteiger partial charge in [-0.15, -0.1) is 0 Å². The van der Waals surface area contributed by atoms with Crippen LogP contribution in [0.15, 0.2) is 42.6 Å². The molecule has 0 spiro atoms. The molecule has 0 saturated carbocycles. The van der Waals surface area contributed by atoms with Gasteiger partial charge in [0.25, 0.3) is 0 Å². The van der Waals surface area contributed by atoms with Crippen molar-refractivity contribution in [3.8, 4) is 11.3 Å². The third-order valence-corrected chi connectivity index (χ3v) is 2.70. The summed E-state index contributed by atoms with van der Waals surface area (Å²) in [4.78, 5) is 16.0. The lowest BCUT2D eigenvalue weighted by molar-refractivity contribution is -0.115. The van der Waals surface area contributed by atoms with Crippen LogP contribution in [0.5, 0.6) is 0 Å². The molecule has 1 aromatic carbocycles. The van der Waals surface area contributed by atoms with Gasteiger partial charge < -0.3 is 5.32 Å². The second-order valence-corrected chi connectivity index (χ2v) is 3.78. The number of hydrogen-bond donors (Lipinski definition) is 1. The van der Waals surface area contributed by atoms with Gasteiger partial charge in [0.1, 0.15) is 0 Å². The molecule has 1 aliphatic rings. The Morgan fingerprint density at radius 1 is 1.12 bits per heavy atom. The molecule has 0 unspecified atom stereocenters. The molecule has 3 nitrogen and oxygen atoms in total. The van der Waals surface area contributed by atoms with Crippen LogP contribution in [-0.2, 0) is 11.2 Å². The zero-order valence-electron chi connectivity index (χ0n) is 8.60. The highest BCUT2D eigenvalue weighted by Crippen LogP contribution is 2.31. The third-order valence-electron chi connectivity index (χ3n) is 2.70. The Balaban J connectivity index is 2.30. The number of hydrogen-bond acceptors (Lipinski definition) is 2. The minimum atomic E-state index is 0.0131. The number of para-hydroxylation sites is 1. The average Bonchev–Trinajstić information content (AvgIpc) is 2.44. The van der Waals surface area contributed by atoms with Gasteiger partial charge in [0.15, 0.2) is 0 Å². The molecule has 78 valence electrons. The molecule has 0 saturated heterocycles. The van der Waals surface area contributed by atoms with Gasteiger partial charge in [-0.3, -0.25) is 9.78 Å². The summed E-state index contributed by atoms with van der Waals surface area (Å²) < 4.78 is 0. The van der Waals surface area contributed by atoms with Gasteiger partial charge in [-0.25, -0.2) is 0 Å². The van der Waals surface area contributed by atoms with Crippen molar-refractivity contribution in [2.75, 3.05) is 5.32 Å². The summed E-state index contributed by atoms with van der Waals surface area (Å²) in [5, 5.41) is 2.89. The lowest BCUT2D eigenvalue weighted by Crippen LogP contribution is -2.12. The van der Waals surface area contributed by atoms with Gasteiger partial charge in [0, 0.05) is 11.8 Å². The maximum atomic E-state index is 11.7. The lowest BCUT2D eigenvalue weighted by atomic mass is 10.0. The summed E-state index contributed by atoms with van der Waals surface area (Å²) in [6.45, 7) is 0. The molecule has 3 rings (SSSR count). The molecular weight excluding hydrogens is 200 g/mol. The van der Waals surface area contributed by atoms with E-state index in [0.29, 0.717) is 6.42 Å². The van der Waals surface area contributed by atoms with E-state index < -0.39 is 0 Å². The van der Waals surface area contributed by atoms with Gasteiger partial charge in [0.05, 0.1) is 17.8 Å². The fourth-order valence-electron chi connectivity index (χ4n) is 1.99. The lowest BCUT2D eigenvalue weighted by Gasteiger charge is -2.06. The standard InChI is InChI=1S/C13H10N2O/c16-12-8-9-4-3-7-14-13(9)10-5-1-2-6-11(10)15-12/h1-7H,8H2,(H,15,16). The molecule has 0 fully saturated rings. The van der Waals surface area contributed by atoms with E-state index in [9.17, 15) is 4.79 Å². The first kappa shape index (κ1) is 9.09. The molecule has 0 atom stereocenters. The van der Waals surface area contributed by atoms with E-state index in [1.807, 2.05) is 36.4 Å². The highest BCUT2D eigenvalue weighted by Gasteiger charge is 2.18. The number of carbonyl (C=O) groups excluding carboxylic acids is 1. The van der Waals surface area contributed by atoms with Crippen molar-refractivity contribution >= 4 is 11.6 Å². The topological polar surface area (TPSA) is 42.0 Å². The van der Waals surface area contributed by atoms with Gasteiger partial charge in [-0.2, -0.15) is 0 Å². The minimum absolute atomic E-state index is 0.0131. The molecule has 1 N–H and O–H groups in total. The van der Waals surface area contributed by atoms with Crippen LogP contribution in [0.4, 0.5) is 5.69 Å². The number of amides is 1. The Labute approximate surface area is 93.1 Å². The van der Waals surface area contributed by atoms with Crippen LogP contribution in [-0.4, -0.2) is 10.9 Å². The molecule has 1 amide bonds. The molecule has 1 aliphatic heterocycles. The number of anilines is 1. The summed E-state index contributed by atoms with van der Waals surface area (Å²) >= 11 is 0. The van der Waals surface area contributed by atoms with E-state index in [1.54, 1.807) is 6.20 Å². The second-order valence-electron chi connectivity index (χ2n) is 3.78. The van der Waals surface area contributed by atoms with E-state index in [0.717, 1.165) is 22.5 Å². The van der Waals surface area contributed by atoms with Crippen molar-refractivity contribution in [1.82, 2.24) is 4.98 Å². The smallest absolute Gasteiger partial charge is 0.228 e. The van der Waals surface area contributed by atoms with Crippen molar-refractivity contribution in [2.24, 2.45) is 0 Å². The van der Waals surface area contributed by atoms with Crippen LogP contribution in [0, 0.1) is 0 Å². The number of fused-ring (bicyclic) bond motifs is 3. The van der Waals surface area contributed by atoms with Crippen molar-refractivity contribution in [3.05, 3.63) is 48.2 Å². The molecule has 1 aromatic heterocycles. The van der Waals surface area contributed by atoms with Gasteiger partial charge in [-0.1, -0.05) is 24.3 Å². The van der Waals surface area contributed by atoms with Crippen LogP contribution < -0.4 is 5.32 Å². The number of aromatic nitrogens is 1. The SMILES string of the molecule is O=C1Cc2cccnc2-c2ccccc2N1. The molecule has 0 bridgehead atoms. The Bertz CT molecular complexity index is 514. The van der Waals surface area contributed by atoms with Crippen LogP contribution in [0.3, 0.4) is 0 Å². The van der Waals surface area contributed by atoms with E-state index in [1.165, 1.54) is 0 Å². The van der Waals surface area contributed by atoms with Crippen LogP contribution in [0.2, 0.25) is 0 Å². The fourth-order valence-corrected chi connectivity index (χ4v) is 1.99. The Morgan fingerprint density at radius 3 is 2.94 bits per heavy atom. The highest BCUT2D eigenvalue weighted by molar-refractivity contribution is 5.99. The Hall–Kier alpha value is -2.16. The zero-order chi connectivity index (χ0) is 11.0. The molecule has 3 heteroatoms. The number of nitrogens with zero attached hydrogens (tertiary/aromatic N) is 1. The molecule has 0 aliphatic carbocycles. The number of carbonyl (C=O) groups is 1. The minimum Gasteiger partial charge on any atom is -0.325 e. The summed E-state index contributed by atoms with van der Waals surface area (Å²) in [5.41, 5.74) is 3.70. The first-order chi connectivity index (χ1) is 7.84. The van der Waals surface area contributed by atoms with Gasteiger partial charge >= 0.3 is 0 Å². The summed E-state index contributed by atoms with van der Waals surface area (Å²) in [7, 11) is 0. The maximum Gasteiger partial charge on any atom is 0.228 e. The first-order valence-corrected chi connectivity index (χ1v) is 5.18. The quantitative estimate of drug-likeness (QED) is 0.724.